The third kappa shape index (κ3) is 1.53. The first-order valence-corrected chi connectivity index (χ1v) is 5.53. The number of carbonyl (C=O) groups excluding carboxylic acids is 2. The molecule has 0 radical (unpaired) electrons. The van der Waals surface area contributed by atoms with Crippen molar-refractivity contribution in [1.29, 1.82) is 0 Å². The average Bonchev–Trinajstić information content (AvgIpc) is 2.57. The van der Waals surface area contributed by atoms with Gasteiger partial charge in [-0.3, -0.25) is 9.59 Å². The van der Waals surface area contributed by atoms with Crippen molar-refractivity contribution >= 4 is 11.6 Å². The highest BCUT2D eigenvalue weighted by Gasteiger charge is 2.34. The molecule has 0 heterocycles. The van der Waals surface area contributed by atoms with E-state index in [0.29, 0.717) is 0 Å². The van der Waals surface area contributed by atoms with Gasteiger partial charge in [-0.05, 0) is 23.7 Å². The molecule has 0 unspecified atom stereocenters. The lowest BCUT2D eigenvalue weighted by Crippen LogP contribution is -2.21. The molecule has 0 atom stereocenters. The number of hydrogen-bond donors (Lipinski definition) is 3. The van der Waals surface area contributed by atoms with E-state index in [2.05, 4.69) is 0 Å². The van der Waals surface area contributed by atoms with Gasteiger partial charge < -0.3 is 15.3 Å². The molecule has 5 nitrogen and oxygen atoms in total. The minimum atomic E-state index is -1.13. The Balaban J connectivity index is 2.52. The van der Waals surface area contributed by atoms with Crippen LogP contribution >= 0.6 is 0 Å². The number of aliphatic hydroxyl groups excluding tert-OH is 1. The molecule has 2 aromatic carbocycles. The summed E-state index contributed by atoms with van der Waals surface area (Å²) in [4.78, 5) is 25.4. The smallest absolute Gasteiger partial charge is 0.201 e. The van der Waals surface area contributed by atoms with E-state index < -0.39 is 82.1 Å². The summed E-state index contributed by atoms with van der Waals surface area (Å²) < 4.78 is 38.7. The van der Waals surface area contributed by atoms with Gasteiger partial charge >= 0.3 is 0 Å². The highest BCUT2D eigenvalue weighted by Crippen LogP contribution is 2.36. The van der Waals surface area contributed by atoms with Crippen molar-refractivity contribution in [3.63, 3.8) is 0 Å². The second-order valence-corrected chi connectivity index (χ2v) is 4.12. The number of phenolic OH excluding ortho intramolecular Hbond substituents is 2. The molecule has 3 rings (SSSR count). The van der Waals surface area contributed by atoms with Crippen LogP contribution in [0.25, 0.3) is 0 Å². The highest BCUT2D eigenvalue weighted by molar-refractivity contribution is 6.30. The molecule has 0 aromatic heterocycles. The van der Waals surface area contributed by atoms with E-state index in [-0.39, 0.29) is 5.56 Å². The summed E-state index contributed by atoms with van der Waals surface area (Å²) >= 11 is 0. The molecule has 0 amide bonds. The summed E-state index contributed by atoms with van der Waals surface area (Å²) in [5.74, 6) is -4.13. The minimum Gasteiger partial charge on any atom is -0.507 e. The molecule has 0 spiro atoms. The second-order valence-electron chi connectivity index (χ2n) is 4.12. The Morgan fingerprint density at radius 3 is 2.35 bits per heavy atom. The Morgan fingerprint density at radius 2 is 1.65 bits per heavy atom. The van der Waals surface area contributed by atoms with E-state index in [4.69, 9.17) is 6.85 Å². The number of rotatable bonds is 1. The number of benzene rings is 2. The number of aliphatic hydroxyl groups is 1. The Labute approximate surface area is 120 Å². The maximum atomic E-state index is 12.7. The number of ketones is 2. The maximum Gasteiger partial charge on any atom is 0.201 e. The summed E-state index contributed by atoms with van der Waals surface area (Å²) in [6.07, 6.45) is 0. The van der Waals surface area contributed by atoms with Gasteiger partial charge in [-0.2, -0.15) is 0 Å². The lowest BCUT2D eigenvalue weighted by molar-refractivity contribution is 0.0974. The lowest BCUT2D eigenvalue weighted by Gasteiger charge is -2.19. The molecule has 1 aliphatic rings. The number of aromatic hydroxyl groups is 2. The van der Waals surface area contributed by atoms with Gasteiger partial charge in [-0.25, -0.2) is 0 Å². The first-order chi connectivity index (χ1) is 11.6. The Kier molecular flexibility index (Phi) is 1.63. The number of phenols is 2. The summed E-state index contributed by atoms with van der Waals surface area (Å²) in [5, 5.41) is 29.4. The van der Waals surface area contributed by atoms with Crippen LogP contribution in [0.3, 0.4) is 0 Å². The predicted molar refractivity (Wildman–Crippen MR) is 69.0 cm³/mol. The SMILES string of the molecule is [2H]c1c([2H])c(O)c2c(c1[2H])C(=O)c1c([2H])c(CO)c([2H])c(O)c1C2=O. The summed E-state index contributed by atoms with van der Waals surface area (Å²) in [7, 11) is 0. The van der Waals surface area contributed by atoms with Crippen LogP contribution in [0.5, 0.6) is 11.5 Å². The van der Waals surface area contributed by atoms with Gasteiger partial charge in [0.15, 0.2) is 5.78 Å². The first kappa shape index (κ1) is 7.81. The van der Waals surface area contributed by atoms with Gasteiger partial charge in [0.05, 0.1) is 24.6 Å². The zero-order valence-corrected chi connectivity index (χ0v) is 9.87. The summed E-state index contributed by atoms with van der Waals surface area (Å²) in [6, 6.07) is -3.70. The quantitative estimate of drug-likeness (QED) is 0.623. The predicted octanol–water partition coefficient (Wildman–Crippen LogP) is 1.37. The molecule has 0 fully saturated rings. The Bertz CT molecular complexity index is 999. The van der Waals surface area contributed by atoms with Gasteiger partial charge in [0, 0.05) is 11.1 Å². The lowest BCUT2D eigenvalue weighted by atomic mass is 9.82. The molecular weight excluding hydrogens is 260 g/mol. The minimum absolute atomic E-state index is 0.375. The molecular formula is C15H10O5. The van der Waals surface area contributed by atoms with Gasteiger partial charge in [0.1, 0.15) is 11.5 Å². The molecule has 0 saturated carbocycles. The van der Waals surface area contributed by atoms with Crippen molar-refractivity contribution in [2.45, 2.75) is 6.61 Å². The van der Waals surface area contributed by atoms with E-state index in [0.717, 1.165) is 0 Å². The molecule has 1 aliphatic carbocycles. The summed E-state index contributed by atoms with van der Waals surface area (Å²) in [5.41, 5.74) is -3.05. The van der Waals surface area contributed by atoms with Crippen molar-refractivity contribution in [2.24, 2.45) is 0 Å². The van der Waals surface area contributed by atoms with Crippen molar-refractivity contribution in [1.82, 2.24) is 0 Å². The van der Waals surface area contributed by atoms with E-state index in [1.807, 2.05) is 0 Å². The van der Waals surface area contributed by atoms with Crippen LogP contribution in [-0.4, -0.2) is 26.9 Å². The van der Waals surface area contributed by atoms with Gasteiger partial charge in [-0.1, -0.05) is 12.1 Å². The second kappa shape index (κ2) is 4.18. The monoisotopic (exact) mass is 275 g/mol. The molecule has 100 valence electrons. The van der Waals surface area contributed by atoms with Gasteiger partial charge in [-0.15, -0.1) is 0 Å². The molecule has 5 heteroatoms. The van der Waals surface area contributed by atoms with Crippen molar-refractivity contribution in [2.75, 3.05) is 0 Å². The van der Waals surface area contributed by atoms with Crippen LogP contribution in [0.4, 0.5) is 0 Å². The standard InChI is InChI=1S/C15H10O5/c16-6-7-4-9-13(11(18)5-7)15(20)12-8(14(9)19)2-1-3-10(12)17/h1-5,16-18H,6H2/i1D,2D,3D,4D,5D. The van der Waals surface area contributed by atoms with Crippen LogP contribution in [0, 0.1) is 0 Å². The average molecular weight is 275 g/mol. The van der Waals surface area contributed by atoms with Crippen molar-refractivity contribution in [3.8, 4) is 11.5 Å². The topological polar surface area (TPSA) is 94.8 Å². The van der Waals surface area contributed by atoms with Crippen LogP contribution in [0.15, 0.2) is 30.2 Å². The van der Waals surface area contributed by atoms with Gasteiger partial charge in [0.25, 0.3) is 0 Å². The fourth-order valence-electron chi connectivity index (χ4n) is 2.08. The zero-order valence-electron chi connectivity index (χ0n) is 14.9. The molecule has 0 aliphatic heterocycles. The molecule has 0 saturated heterocycles. The molecule has 3 N–H and O–H groups in total. The van der Waals surface area contributed by atoms with E-state index >= 15 is 0 Å². The maximum absolute atomic E-state index is 12.7. The van der Waals surface area contributed by atoms with Crippen LogP contribution in [-0.2, 0) is 6.61 Å². The summed E-state index contributed by atoms with van der Waals surface area (Å²) in [6.45, 7) is -0.832. The third-order valence-electron chi connectivity index (χ3n) is 2.95. The molecule has 0 bridgehead atoms. The first-order valence-electron chi connectivity index (χ1n) is 8.03. The van der Waals surface area contributed by atoms with Crippen LogP contribution in [0.2, 0.25) is 0 Å². The largest absolute Gasteiger partial charge is 0.507 e. The zero-order chi connectivity index (χ0) is 18.8. The fourth-order valence-corrected chi connectivity index (χ4v) is 2.08. The number of fused-ring (bicyclic) bond motifs is 2. The van der Waals surface area contributed by atoms with Crippen molar-refractivity contribution in [3.05, 3.63) is 58.0 Å². The van der Waals surface area contributed by atoms with E-state index in [1.165, 1.54) is 0 Å². The number of carbonyl (C=O) groups is 2. The van der Waals surface area contributed by atoms with Crippen molar-refractivity contribution < 1.29 is 31.8 Å². The normalized spacial score (nSPS) is 16.6. The molecule has 20 heavy (non-hydrogen) atoms. The van der Waals surface area contributed by atoms with E-state index in [1.54, 1.807) is 0 Å². The van der Waals surface area contributed by atoms with E-state index in [9.17, 15) is 24.9 Å². The van der Waals surface area contributed by atoms with Crippen LogP contribution in [0.1, 0.15) is 44.3 Å². The van der Waals surface area contributed by atoms with Crippen LogP contribution < -0.4 is 0 Å². The third-order valence-corrected chi connectivity index (χ3v) is 2.95. The van der Waals surface area contributed by atoms with Gasteiger partial charge in [0.2, 0.25) is 5.78 Å². The highest BCUT2D eigenvalue weighted by atomic mass is 16.3. The fraction of sp³-hybridized carbons (Fsp3) is 0.0667. The number of hydrogen-bond acceptors (Lipinski definition) is 5. The Morgan fingerprint density at radius 1 is 0.950 bits per heavy atom. The Hall–Kier alpha value is -2.66. The molecule has 2 aromatic rings.